The maximum absolute atomic E-state index is 15.3. The van der Waals surface area contributed by atoms with Gasteiger partial charge < -0.3 is 20.1 Å². The van der Waals surface area contributed by atoms with Crippen molar-refractivity contribution in [2.75, 3.05) is 13.1 Å². The molecule has 0 spiro atoms. The Morgan fingerprint density at radius 3 is 2.55 bits per heavy atom. The van der Waals surface area contributed by atoms with Crippen molar-refractivity contribution in [3.63, 3.8) is 0 Å². The van der Waals surface area contributed by atoms with Crippen LogP contribution < -0.4 is 10.5 Å². The maximum Gasteiger partial charge on any atom is 0.410 e. The van der Waals surface area contributed by atoms with Crippen LogP contribution in [-0.2, 0) is 30.7 Å². The Hall–Kier alpha value is -2.89. The van der Waals surface area contributed by atoms with Crippen molar-refractivity contribution in [2.24, 2.45) is 28.0 Å². The van der Waals surface area contributed by atoms with Crippen LogP contribution in [0.15, 0.2) is 23.2 Å². The van der Waals surface area contributed by atoms with E-state index < -0.39 is 49.3 Å². The van der Waals surface area contributed by atoms with Crippen molar-refractivity contribution in [1.29, 1.82) is 0 Å². The smallest absolute Gasteiger partial charge is 0.410 e. The van der Waals surface area contributed by atoms with Crippen LogP contribution in [0.4, 0.5) is 9.18 Å². The first kappa shape index (κ1) is 29.2. The molecule has 0 radical (unpaired) electrons. The molecule has 42 heavy (non-hydrogen) atoms. The minimum absolute atomic E-state index is 0.0196. The molecule has 3 N–H and O–H groups in total. The molecule has 1 aromatic carbocycles. The van der Waals surface area contributed by atoms with Crippen molar-refractivity contribution in [2.45, 2.75) is 101 Å². The SMILES string of the molecule is CC(C)(C)OC(=O)N1CC(c2ccc(C[C@@H]3C(C)(C)OC(=NC45CC6CC4CC(C(N)=O)(C6)C5)NS3(=O)=O)c(F)c2)C1. The predicted molar refractivity (Wildman–Crippen MR) is 154 cm³/mol. The van der Waals surface area contributed by atoms with Crippen LogP contribution in [0.5, 0.6) is 0 Å². The van der Waals surface area contributed by atoms with Crippen molar-refractivity contribution < 1.29 is 31.9 Å². The van der Waals surface area contributed by atoms with Gasteiger partial charge in [0.25, 0.3) is 6.02 Å². The zero-order valence-electron chi connectivity index (χ0n) is 24.9. The van der Waals surface area contributed by atoms with Crippen molar-refractivity contribution in [1.82, 2.24) is 9.62 Å². The predicted octanol–water partition coefficient (Wildman–Crippen LogP) is 3.59. The van der Waals surface area contributed by atoms with Gasteiger partial charge in [-0.05, 0) is 102 Å². The lowest BCUT2D eigenvalue weighted by atomic mass is 9.68. The Kier molecular flexibility index (Phi) is 6.47. The van der Waals surface area contributed by atoms with Gasteiger partial charge >= 0.3 is 6.09 Å². The highest BCUT2D eigenvalue weighted by molar-refractivity contribution is 7.90. The van der Waals surface area contributed by atoms with Crippen LogP contribution in [0, 0.1) is 23.1 Å². The first-order valence-electron chi connectivity index (χ1n) is 14.8. The molecule has 4 saturated carbocycles. The monoisotopic (exact) mass is 604 g/mol. The molecule has 7 rings (SSSR count). The zero-order chi connectivity index (χ0) is 30.5. The van der Waals surface area contributed by atoms with Gasteiger partial charge in [-0.15, -0.1) is 0 Å². The van der Waals surface area contributed by atoms with Crippen molar-refractivity contribution >= 4 is 28.0 Å². The Labute approximate surface area is 246 Å². The summed E-state index contributed by atoms with van der Waals surface area (Å²) >= 11 is 0. The largest absolute Gasteiger partial charge is 0.457 e. The number of nitrogens with two attached hydrogens (primary N) is 1. The van der Waals surface area contributed by atoms with Crippen LogP contribution >= 0.6 is 0 Å². The number of halogens is 1. The third-order valence-corrected chi connectivity index (χ3v) is 12.0. The van der Waals surface area contributed by atoms with E-state index in [2.05, 4.69) is 4.72 Å². The van der Waals surface area contributed by atoms with E-state index >= 15 is 4.39 Å². The van der Waals surface area contributed by atoms with Gasteiger partial charge in [0.2, 0.25) is 15.9 Å². The van der Waals surface area contributed by atoms with E-state index in [1.165, 1.54) is 6.07 Å². The second-order valence-electron chi connectivity index (χ2n) is 14.7. The Balaban J connectivity index is 1.15. The second-order valence-corrected chi connectivity index (χ2v) is 16.6. The van der Waals surface area contributed by atoms with Crippen molar-refractivity contribution in [3.8, 4) is 0 Å². The Bertz CT molecular complexity index is 1470. The number of nitrogens with one attached hydrogen (secondary N) is 1. The number of likely N-dealkylation sites (tertiary alicyclic amines) is 1. The highest BCUT2D eigenvalue weighted by atomic mass is 32.2. The van der Waals surface area contributed by atoms with E-state index in [-0.39, 0.29) is 35.7 Å². The molecule has 230 valence electrons. The molecule has 6 fully saturated rings. The number of primary amides is 1. The van der Waals surface area contributed by atoms with Gasteiger partial charge in [0.05, 0.1) is 11.0 Å². The lowest BCUT2D eigenvalue weighted by molar-refractivity contribution is -0.130. The molecule has 10 nitrogen and oxygen atoms in total. The molecule has 4 bridgehead atoms. The van der Waals surface area contributed by atoms with Crippen LogP contribution in [0.1, 0.15) is 83.8 Å². The minimum atomic E-state index is -3.98. The topological polar surface area (TPSA) is 140 Å². The standard InChI is InChI=1S/C30H41FN4O6S/c1-27(2,3)41-26(37)35-14-20(15-35)18-6-7-19(22(31)9-18)10-23-28(4,5)40-25(34-42(23,38)39)33-30-12-17-8-21(30)13-29(11-17,16-30)24(32)36/h6-7,9,17,20-21,23H,8,10-16H2,1-5H3,(H2,32,36)(H,33,34)/t17?,21?,23-,29?,30?/m1/s1. The fraction of sp³-hybridized carbons (Fsp3) is 0.700. The molecular weight excluding hydrogens is 563 g/mol. The minimum Gasteiger partial charge on any atom is -0.457 e. The summed E-state index contributed by atoms with van der Waals surface area (Å²) in [5.74, 6) is -0.293. The molecular formula is C30H41FN4O6S. The number of carbonyl (C=O) groups excluding carboxylic acids is 2. The van der Waals surface area contributed by atoms with Crippen LogP contribution in [-0.4, -0.2) is 66.4 Å². The number of hydrogen-bond donors (Lipinski definition) is 2. The second kappa shape index (κ2) is 9.30. The van der Waals surface area contributed by atoms with Crippen LogP contribution in [0.25, 0.3) is 0 Å². The maximum atomic E-state index is 15.3. The average Bonchev–Trinajstić information content (AvgIpc) is 3.15. The number of hydrogen-bond acceptors (Lipinski definition) is 7. The first-order chi connectivity index (χ1) is 19.4. The quantitative estimate of drug-likeness (QED) is 0.527. The summed E-state index contributed by atoms with van der Waals surface area (Å²) in [6, 6.07) is 4.78. The van der Waals surface area contributed by atoms with Gasteiger partial charge in [-0.2, -0.15) is 0 Å². The summed E-state index contributed by atoms with van der Waals surface area (Å²) in [6.07, 6.45) is 3.25. The fourth-order valence-electron chi connectivity index (χ4n) is 8.17. The van der Waals surface area contributed by atoms with Gasteiger partial charge in [0, 0.05) is 19.0 Å². The number of benzene rings is 1. The third kappa shape index (κ3) is 4.93. The molecule has 1 aromatic rings. The number of ether oxygens (including phenoxy) is 2. The molecule has 6 aliphatic rings. The number of rotatable bonds is 5. The molecule has 5 atom stereocenters. The normalized spacial score (nSPS) is 35.4. The average molecular weight is 605 g/mol. The fourth-order valence-corrected chi connectivity index (χ4v) is 9.84. The number of amidine groups is 1. The van der Waals surface area contributed by atoms with Gasteiger partial charge in [0.1, 0.15) is 22.3 Å². The van der Waals surface area contributed by atoms with Gasteiger partial charge in [0.15, 0.2) is 0 Å². The molecule has 12 heteroatoms. The molecule has 2 amide bonds. The number of sulfonamides is 1. The van der Waals surface area contributed by atoms with E-state index in [1.807, 2.05) is 0 Å². The molecule has 4 unspecified atom stereocenters. The summed E-state index contributed by atoms with van der Waals surface area (Å²) < 4.78 is 56.5. The molecule has 2 aliphatic heterocycles. The number of nitrogens with zero attached hydrogens (tertiary/aromatic N) is 2. The molecule has 2 saturated heterocycles. The number of amides is 2. The molecule has 2 heterocycles. The summed E-state index contributed by atoms with van der Waals surface area (Å²) in [5.41, 5.74) is 3.91. The Morgan fingerprint density at radius 2 is 1.93 bits per heavy atom. The highest BCUT2D eigenvalue weighted by Gasteiger charge is 2.67. The zero-order valence-corrected chi connectivity index (χ0v) is 25.7. The summed E-state index contributed by atoms with van der Waals surface area (Å²) in [7, 11) is -3.98. The van der Waals surface area contributed by atoms with E-state index in [0.29, 0.717) is 31.8 Å². The van der Waals surface area contributed by atoms with Crippen molar-refractivity contribution in [3.05, 3.63) is 35.1 Å². The van der Waals surface area contributed by atoms with Crippen LogP contribution in [0.3, 0.4) is 0 Å². The summed E-state index contributed by atoms with van der Waals surface area (Å²) in [6.45, 7) is 9.64. The van der Waals surface area contributed by atoms with E-state index in [1.54, 1.807) is 51.7 Å². The van der Waals surface area contributed by atoms with E-state index in [0.717, 1.165) is 24.8 Å². The number of carbonyl (C=O) groups is 2. The Morgan fingerprint density at radius 1 is 1.21 bits per heavy atom. The highest BCUT2D eigenvalue weighted by Crippen LogP contribution is 2.67. The lowest BCUT2D eigenvalue weighted by Gasteiger charge is -2.41. The first-order valence-corrected chi connectivity index (χ1v) is 16.3. The number of aliphatic imine (C=N–C) groups is 1. The van der Waals surface area contributed by atoms with E-state index in [9.17, 15) is 18.0 Å². The summed E-state index contributed by atoms with van der Waals surface area (Å²) in [5, 5.41) is -1.07. The molecule has 0 aromatic heterocycles. The van der Waals surface area contributed by atoms with Gasteiger partial charge in [-0.3, -0.25) is 4.79 Å². The summed E-state index contributed by atoms with van der Waals surface area (Å²) in [4.78, 5) is 31.0. The molecule has 4 aliphatic carbocycles. The van der Waals surface area contributed by atoms with E-state index in [4.69, 9.17) is 20.2 Å². The third-order valence-electron chi connectivity index (χ3n) is 10.1. The lowest BCUT2D eigenvalue weighted by Crippen LogP contribution is -2.59. The van der Waals surface area contributed by atoms with Gasteiger partial charge in [-0.25, -0.2) is 27.3 Å². The van der Waals surface area contributed by atoms with Gasteiger partial charge in [-0.1, -0.05) is 12.1 Å². The van der Waals surface area contributed by atoms with Crippen LogP contribution in [0.2, 0.25) is 0 Å².